The second kappa shape index (κ2) is 9.16. The first-order valence-electron chi connectivity index (χ1n) is 11.7. The first-order valence-corrected chi connectivity index (χ1v) is 11.7. The smallest absolute Gasteiger partial charge is 0.169 e. The van der Waals surface area contributed by atoms with E-state index in [1.165, 1.54) is 32.1 Å². The van der Waals surface area contributed by atoms with Gasteiger partial charge in [0.2, 0.25) is 0 Å². The van der Waals surface area contributed by atoms with E-state index in [1.807, 2.05) is 6.07 Å². The van der Waals surface area contributed by atoms with Gasteiger partial charge in [-0.25, -0.2) is 13.2 Å². The summed E-state index contributed by atoms with van der Waals surface area (Å²) in [6.45, 7) is 5.89. The van der Waals surface area contributed by atoms with E-state index >= 15 is 4.39 Å². The van der Waals surface area contributed by atoms with Crippen LogP contribution in [0.15, 0.2) is 30.9 Å². The van der Waals surface area contributed by atoms with Crippen LogP contribution >= 0.6 is 0 Å². The molecule has 162 valence electrons. The van der Waals surface area contributed by atoms with Crippen LogP contribution in [0.5, 0.6) is 0 Å². The molecule has 0 aliphatic heterocycles. The Labute approximate surface area is 178 Å². The van der Waals surface area contributed by atoms with Crippen molar-refractivity contribution in [2.24, 2.45) is 17.8 Å². The van der Waals surface area contributed by atoms with E-state index in [2.05, 4.69) is 13.5 Å². The minimum Gasteiger partial charge on any atom is -0.206 e. The lowest BCUT2D eigenvalue weighted by Crippen LogP contribution is -2.30. The molecule has 2 saturated carbocycles. The number of aryl methyl sites for hydroxylation is 1. The first kappa shape index (κ1) is 21.5. The summed E-state index contributed by atoms with van der Waals surface area (Å²) < 4.78 is 44.8. The number of hydrogen-bond donors (Lipinski definition) is 0. The van der Waals surface area contributed by atoms with Crippen LogP contribution in [0, 0.1) is 35.2 Å². The number of fused-ring (bicyclic) bond motifs is 2. The standard InChI is InChI=1S/C27H33F3/c1-3-5-7-22-16-21-12-13-23(26(29)24(21)27(30)25(22)28)20-11-10-18-14-17(6-4-2)8-9-19(18)15-20/h3,12-13,16-20H,1,4-11,14-15H2,2H3. The fourth-order valence-electron chi connectivity index (χ4n) is 6.15. The SMILES string of the molecule is C=CCCc1cc2ccc(C3CCC4CC(CCC)CCC4C3)c(F)c2c(F)c1F. The molecule has 0 spiro atoms. The Hall–Kier alpha value is -1.77. The zero-order chi connectivity index (χ0) is 21.3. The van der Waals surface area contributed by atoms with Gasteiger partial charge >= 0.3 is 0 Å². The molecular formula is C27H33F3. The van der Waals surface area contributed by atoms with Crippen LogP contribution < -0.4 is 0 Å². The molecule has 0 aromatic heterocycles. The van der Waals surface area contributed by atoms with Crippen LogP contribution in [-0.4, -0.2) is 0 Å². The lowest BCUT2D eigenvalue weighted by atomic mass is 9.63. The molecular weight excluding hydrogens is 381 g/mol. The van der Waals surface area contributed by atoms with E-state index in [1.54, 1.807) is 18.2 Å². The lowest BCUT2D eigenvalue weighted by Gasteiger charge is -2.42. The van der Waals surface area contributed by atoms with Crippen molar-refractivity contribution in [1.82, 2.24) is 0 Å². The largest absolute Gasteiger partial charge is 0.206 e. The van der Waals surface area contributed by atoms with Gasteiger partial charge in [0.15, 0.2) is 11.6 Å². The second-order valence-corrected chi connectivity index (χ2v) is 9.56. The van der Waals surface area contributed by atoms with E-state index in [0.717, 1.165) is 31.1 Å². The molecule has 0 radical (unpaired) electrons. The van der Waals surface area contributed by atoms with Crippen molar-refractivity contribution >= 4 is 10.8 Å². The van der Waals surface area contributed by atoms with Gasteiger partial charge in [-0.2, -0.15) is 0 Å². The van der Waals surface area contributed by atoms with Crippen molar-refractivity contribution in [2.75, 3.05) is 0 Å². The molecule has 0 nitrogen and oxygen atoms in total. The quantitative estimate of drug-likeness (QED) is 0.416. The normalized spacial score (nSPS) is 26.5. The molecule has 30 heavy (non-hydrogen) atoms. The topological polar surface area (TPSA) is 0 Å². The molecule has 2 aromatic rings. The Bertz CT molecular complexity index is 916. The highest BCUT2D eigenvalue weighted by atomic mass is 19.2. The fraction of sp³-hybridized carbons (Fsp3) is 0.556. The average Bonchev–Trinajstić information content (AvgIpc) is 2.75. The molecule has 0 N–H and O–H groups in total. The summed E-state index contributed by atoms with van der Waals surface area (Å²) in [6.07, 6.45) is 12.1. The van der Waals surface area contributed by atoms with E-state index in [4.69, 9.17) is 0 Å². The maximum atomic E-state index is 15.4. The average molecular weight is 415 g/mol. The minimum absolute atomic E-state index is 0.112. The van der Waals surface area contributed by atoms with Gasteiger partial charge in [-0.15, -0.1) is 6.58 Å². The van der Waals surface area contributed by atoms with E-state index in [9.17, 15) is 8.78 Å². The highest BCUT2D eigenvalue weighted by molar-refractivity contribution is 5.85. The minimum atomic E-state index is -1.04. The third-order valence-corrected chi connectivity index (χ3v) is 7.70. The van der Waals surface area contributed by atoms with Gasteiger partial charge in [-0.1, -0.05) is 44.4 Å². The van der Waals surface area contributed by atoms with Gasteiger partial charge in [0.25, 0.3) is 0 Å². The maximum absolute atomic E-state index is 15.4. The van der Waals surface area contributed by atoms with Crippen molar-refractivity contribution in [3.05, 3.63) is 59.4 Å². The van der Waals surface area contributed by atoms with Gasteiger partial charge in [-0.3, -0.25) is 0 Å². The highest BCUT2D eigenvalue weighted by Gasteiger charge is 2.36. The lowest BCUT2D eigenvalue weighted by molar-refractivity contribution is 0.113. The zero-order valence-electron chi connectivity index (χ0n) is 18.0. The molecule has 0 saturated heterocycles. The molecule has 2 aliphatic rings. The Morgan fingerprint density at radius 1 is 0.967 bits per heavy atom. The van der Waals surface area contributed by atoms with E-state index in [0.29, 0.717) is 29.7 Å². The summed E-state index contributed by atoms with van der Waals surface area (Å²) in [6, 6.07) is 5.19. The van der Waals surface area contributed by atoms with Crippen LogP contribution in [0.1, 0.15) is 81.8 Å². The van der Waals surface area contributed by atoms with Crippen molar-refractivity contribution in [1.29, 1.82) is 0 Å². The molecule has 0 bridgehead atoms. The van der Waals surface area contributed by atoms with E-state index in [-0.39, 0.29) is 16.9 Å². The van der Waals surface area contributed by atoms with Gasteiger partial charge in [-0.05, 0) is 91.2 Å². The molecule has 2 aromatic carbocycles. The Kier molecular flexibility index (Phi) is 6.55. The number of rotatable bonds is 6. The number of benzene rings is 2. The number of allylic oxidation sites excluding steroid dienone is 1. The highest BCUT2D eigenvalue weighted by Crippen LogP contribution is 2.49. The van der Waals surface area contributed by atoms with Crippen LogP contribution in [-0.2, 0) is 6.42 Å². The Morgan fingerprint density at radius 2 is 1.73 bits per heavy atom. The van der Waals surface area contributed by atoms with Crippen LogP contribution in [0.3, 0.4) is 0 Å². The van der Waals surface area contributed by atoms with Crippen LogP contribution in [0.2, 0.25) is 0 Å². The van der Waals surface area contributed by atoms with Gasteiger partial charge in [0, 0.05) is 0 Å². The van der Waals surface area contributed by atoms with Crippen molar-refractivity contribution in [3.8, 4) is 0 Å². The Balaban J connectivity index is 1.59. The summed E-state index contributed by atoms with van der Waals surface area (Å²) in [4.78, 5) is 0. The van der Waals surface area contributed by atoms with Gasteiger partial charge in [0.1, 0.15) is 5.82 Å². The monoisotopic (exact) mass is 414 g/mol. The maximum Gasteiger partial charge on any atom is 0.169 e. The summed E-state index contributed by atoms with van der Waals surface area (Å²) in [7, 11) is 0. The molecule has 4 atom stereocenters. The van der Waals surface area contributed by atoms with Gasteiger partial charge in [0.05, 0.1) is 5.39 Å². The van der Waals surface area contributed by atoms with E-state index < -0.39 is 17.5 Å². The number of halogens is 3. The first-order chi connectivity index (χ1) is 14.5. The predicted molar refractivity (Wildman–Crippen MR) is 118 cm³/mol. The predicted octanol–water partition coefficient (Wildman–Crippen LogP) is 8.48. The zero-order valence-corrected chi connectivity index (χ0v) is 18.0. The van der Waals surface area contributed by atoms with Crippen molar-refractivity contribution in [2.45, 2.75) is 77.0 Å². The Morgan fingerprint density at radius 3 is 2.50 bits per heavy atom. The molecule has 4 unspecified atom stereocenters. The molecule has 3 heteroatoms. The molecule has 0 amide bonds. The summed E-state index contributed by atoms with van der Waals surface area (Å²) in [5, 5.41) is 0.268. The summed E-state index contributed by atoms with van der Waals surface area (Å²) in [5.41, 5.74) is 0.866. The molecule has 4 rings (SSSR count). The van der Waals surface area contributed by atoms with Crippen LogP contribution in [0.25, 0.3) is 10.8 Å². The molecule has 2 fully saturated rings. The summed E-state index contributed by atoms with van der Waals surface area (Å²) >= 11 is 0. The molecule has 2 aliphatic carbocycles. The summed E-state index contributed by atoms with van der Waals surface area (Å²) in [5.74, 6) is -0.134. The third-order valence-electron chi connectivity index (χ3n) is 7.70. The fourth-order valence-corrected chi connectivity index (χ4v) is 6.15. The third kappa shape index (κ3) is 4.05. The van der Waals surface area contributed by atoms with Crippen molar-refractivity contribution < 1.29 is 13.2 Å². The van der Waals surface area contributed by atoms with Gasteiger partial charge < -0.3 is 0 Å². The van der Waals surface area contributed by atoms with Crippen molar-refractivity contribution in [3.63, 3.8) is 0 Å². The molecule has 0 heterocycles. The van der Waals surface area contributed by atoms with Crippen LogP contribution in [0.4, 0.5) is 13.2 Å². The second-order valence-electron chi connectivity index (χ2n) is 9.56. The number of hydrogen-bond acceptors (Lipinski definition) is 0.